The lowest BCUT2D eigenvalue weighted by Gasteiger charge is -2.04. The molecular weight excluding hydrogens is 246 g/mol. The van der Waals surface area contributed by atoms with Gasteiger partial charge in [-0.05, 0) is 22.8 Å². The summed E-state index contributed by atoms with van der Waals surface area (Å²) in [5, 5.41) is 10.1. The first kappa shape index (κ1) is 11.4. The van der Waals surface area contributed by atoms with Crippen molar-refractivity contribution in [2.75, 3.05) is 5.32 Å². The monoisotopic (exact) mass is 257 g/mol. The molecule has 7 heteroatoms. The fraction of sp³-hybridized carbons (Fsp3) is 0.167. The summed E-state index contributed by atoms with van der Waals surface area (Å²) >= 11 is 0. The van der Waals surface area contributed by atoms with Crippen LogP contribution in [0.1, 0.15) is 11.1 Å². The normalized spacial score (nSPS) is 10.8. The van der Waals surface area contributed by atoms with Crippen molar-refractivity contribution in [3.63, 3.8) is 0 Å². The molecule has 1 aromatic carbocycles. The maximum atomic E-state index is 11.7. The van der Waals surface area contributed by atoms with Gasteiger partial charge in [0.15, 0.2) is 5.82 Å². The van der Waals surface area contributed by atoms with Crippen molar-refractivity contribution in [3.05, 3.63) is 45.7 Å². The Labute approximate surface area is 107 Å². The second-order valence-corrected chi connectivity index (χ2v) is 4.19. The van der Waals surface area contributed by atoms with E-state index in [4.69, 9.17) is 0 Å². The van der Waals surface area contributed by atoms with E-state index in [0.717, 1.165) is 5.56 Å². The predicted molar refractivity (Wildman–Crippen MR) is 68.7 cm³/mol. The first-order chi connectivity index (χ1) is 9.22. The summed E-state index contributed by atoms with van der Waals surface area (Å²) in [4.78, 5) is 18.3. The number of H-pyrrole nitrogens is 1. The van der Waals surface area contributed by atoms with Gasteiger partial charge in [-0.3, -0.25) is 9.78 Å². The van der Waals surface area contributed by atoms with E-state index in [2.05, 4.69) is 30.2 Å². The van der Waals surface area contributed by atoms with Crippen LogP contribution in [0.15, 0.2) is 33.7 Å². The summed E-state index contributed by atoms with van der Waals surface area (Å²) in [5.41, 5.74) is 2.41. The molecule has 19 heavy (non-hydrogen) atoms. The molecule has 0 aliphatic rings. The number of nitrogens with zero attached hydrogens (tertiary/aromatic N) is 3. The molecule has 0 atom stereocenters. The lowest BCUT2D eigenvalue weighted by Crippen LogP contribution is -2.16. The van der Waals surface area contributed by atoms with Gasteiger partial charge in [-0.15, -0.1) is 0 Å². The molecule has 0 aliphatic carbocycles. The minimum Gasteiger partial charge on any atom is -0.361 e. The second-order valence-electron chi connectivity index (χ2n) is 4.19. The van der Waals surface area contributed by atoms with Crippen molar-refractivity contribution in [1.29, 1.82) is 0 Å². The van der Waals surface area contributed by atoms with Crippen LogP contribution in [0.3, 0.4) is 0 Å². The quantitative estimate of drug-likeness (QED) is 0.732. The van der Waals surface area contributed by atoms with Crippen molar-refractivity contribution in [2.45, 2.75) is 13.5 Å². The molecule has 0 spiro atoms. The van der Waals surface area contributed by atoms with Crippen LogP contribution in [-0.2, 0) is 6.54 Å². The molecule has 96 valence electrons. The largest absolute Gasteiger partial charge is 0.361 e. The molecule has 0 aliphatic heterocycles. The number of benzene rings is 1. The Morgan fingerprint density at radius 3 is 2.84 bits per heavy atom. The molecule has 3 rings (SSSR count). The number of nitrogens with one attached hydrogen (secondary N) is 2. The van der Waals surface area contributed by atoms with E-state index in [9.17, 15) is 4.79 Å². The van der Waals surface area contributed by atoms with E-state index in [1.165, 1.54) is 5.56 Å². The zero-order valence-electron chi connectivity index (χ0n) is 10.2. The number of hydrogen-bond acceptors (Lipinski definition) is 6. The molecule has 7 nitrogen and oxygen atoms in total. The van der Waals surface area contributed by atoms with E-state index < -0.39 is 0 Å². The molecule has 0 bridgehead atoms. The number of aromatic amines is 1. The van der Waals surface area contributed by atoms with Crippen LogP contribution in [0.2, 0.25) is 0 Å². The Bertz CT molecular complexity index is 760. The van der Waals surface area contributed by atoms with Crippen LogP contribution in [0.25, 0.3) is 11.3 Å². The summed E-state index contributed by atoms with van der Waals surface area (Å²) < 4.78 is 4.49. The Balaban J connectivity index is 1.83. The first-order valence-electron chi connectivity index (χ1n) is 5.74. The van der Waals surface area contributed by atoms with Crippen molar-refractivity contribution < 1.29 is 4.63 Å². The van der Waals surface area contributed by atoms with Gasteiger partial charge in [-0.2, -0.15) is 4.98 Å². The van der Waals surface area contributed by atoms with Crippen LogP contribution in [0.5, 0.6) is 0 Å². The Morgan fingerprint density at radius 2 is 2.05 bits per heavy atom. The van der Waals surface area contributed by atoms with E-state index in [-0.39, 0.29) is 22.7 Å². The molecule has 0 saturated heterocycles. The molecular formula is C12H11N5O2. The highest BCUT2D eigenvalue weighted by molar-refractivity contribution is 5.64. The lowest BCUT2D eigenvalue weighted by molar-refractivity contribution is 0.314. The molecule has 3 aromatic rings. The minimum atomic E-state index is -0.352. The van der Waals surface area contributed by atoms with Crippen LogP contribution in [0, 0.1) is 6.92 Å². The average molecular weight is 257 g/mol. The predicted octanol–water partition coefficient (Wildman–Crippen LogP) is 1.23. The summed E-state index contributed by atoms with van der Waals surface area (Å²) in [6.45, 7) is 2.53. The van der Waals surface area contributed by atoms with Gasteiger partial charge >= 0.3 is 0 Å². The number of fused-ring (bicyclic) bond motifs is 1. The third-order valence-corrected chi connectivity index (χ3v) is 2.72. The summed E-state index contributed by atoms with van der Waals surface area (Å²) in [7, 11) is 0. The summed E-state index contributed by atoms with van der Waals surface area (Å²) in [5.74, 6) is 0.198. The van der Waals surface area contributed by atoms with Crippen LogP contribution in [-0.4, -0.2) is 20.3 Å². The van der Waals surface area contributed by atoms with Gasteiger partial charge in [0, 0.05) is 6.54 Å². The fourth-order valence-electron chi connectivity index (χ4n) is 1.67. The Kier molecular flexibility index (Phi) is 2.71. The number of aromatic nitrogens is 4. The minimum absolute atomic E-state index is 0.198. The topological polar surface area (TPSA) is 96.7 Å². The van der Waals surface area contributed by atoms with Crippen LogP contribution < -0.4 is 10.9 Å². The standard InChI is InChI=1S/C12H11N5O2/c1-7-2-4-8(5-3-7)6-13-11-12(18)15-10-9(14-11)16-19-17-10/h2-5H,6H2,1H3,(H,13,14,16)(H,15,17,18). The molecule has 0 fully saturated rings. The maximum absolute atomic E-state index is 11.7. The van der Waals surface area contributed by atoms with Crippen molar-refractivity contribution in [1.82, 2.24) is 20.3 Å². The number of hydrogen-bond donors (Lipinski definition) is 2. The first-order valence-corrected chi connectivity index (χ1v) is 5.74. The molecule has 0 unspecified atom stereocenters. The van der Waals surface area contributed by atoms with E-state index in [1.54, 1.807) is 0 Å². The van der Waals surface area contributed by atoms with Crippen LogP contribution in [0.4, 0.5) is 5.82 Å². The van der Waals surface area contributed by atoms with Gasteiger partial charge in [-0.25, -0.2) is 4.63 Å². The SMILES string of the molecule is Cc1ccc(CNc2nc3nonc3[nH]c2=O)cc1. The number of aryl methyl sites for hydroxylation is 1. The van der Waals surface area contributed by atoms with Gasteiger partial charge in [0.05, 0.1) is 0 Å². The third-order valence-electron chi connectivity index (χ3n) is 2.72. The van der Waals surface area contributed by atoms with Crippen molar-refractivity contribution >= 4 is 17.1 Å². The highest BCUT2D eigenvalue weighted by Gasteiger charge is 2.08. The van der Waals surface area contributed by atoms with E-state index in [0.29, 0.717) is 6.54 Å². The molecule has 2 heterocycles. The molecule has 2 N–H and O–H groups in total. The van der Waals surface area contributed by atoms with Crippen LogP contribution >= 0.6 is 0 Å². The molecule has 2 aromatic heterocycles. The highest BCUT2D eigenvalue weighted by Crippen LogP contribution is 2.07. The van der Waals surface area contributed by atoms with Crippen molar-refractivity contribution in [2.24, 2.45) is 0 Å². The smallest absolute Gasteiger partial charge is 0.292 e. The molecule has 0 radical (unpaired) electrons. The Hall–Kier alpha value is -2.70. The number of rotatable bonds is 3. The second kappa shape index (κ2) is 4.52. The van der Waals surface area contributed by atoms with Gasteiger partial charge in [0.25, 0.3) is 5.56 Å². The van der Waals surface area contributed by atoms with Gasteiger partial charge in [-0.1, -0.05) is 29.8 Å². The fourth-order valence-corrected chi connectivity index (χ4v) is 1.67. The van der Waals surface area contributed by atoms with E-state index >= 15 is 0 Å². The van der Waals surface area contributed by atoms with Crippen molar-refractivity contribution in [3.8, 4) is 0 Å². The van der Waals surface area contributed by atoms with Gasteiger partial charge < -0.3 is 5.32 Å². The molecule has 0 saturated carbocycles. The maximum Gasteiger partial charge on any atom is 0.292 e. The molecule has 0 amide bonds. The number of anilines is 1. The third kappa shape index (κ3) is 2.30. The Morgan fingerprint density at radius 1 is 1.26 bits per heavy atom. The summed E-state index contributed by atoms with van der Waals surface area (Å²) in [6, 6.07) is 8.01. The zero-order chi connectivity index (χ0) is 13.2. The van der Waals surface area contributed by atoms with E-state index in [1.807, 2.05) is 31.2 Å². The lowest BCUT2D eigenvalue weighted by atomic mass is 10.1. The summed E-state index contributed by atoms with van der Waals surface area (Å²) in [6.07, 6.45) is 0. The average Bonchev–Trinajstić information content (AvgIpc) is 2.85. The van der Waals surface area contributed by atoms with Gasteiger partial charge in [0.1, 0.15) is 0 Å². The van der Waals surface area contributed by atoms with Gasteiger partial charge in [0.2, 0.25) is 11.3 Å². The highest BCUT2D eigenvalue weighted by atomic mass is 16.6. The zero-order valence-corrected chi connectivity index (χ0v) is 10.2.